The molecule has 2 fully saturated rings. The largest absolute Gasteiger partial charge is 0.454 e. The van der Waals surface area contributed by atoms with Crippen LogP contribution >= 0.6 is 0 Å². The van der Waals surface area contributed by atoms with Crippen LogP contribution in [0.4, 0.5) is 0 Å². The molecule has 5 heterocycles. The highest BCUT2D eigenvalue weighted by Crippen LogP contribution is 2.77. The van der Waals surface area contributed by atoms with Gasteiger partial charge in [-0.1, -0.05) is 42.5 Å². The summed E-state index contributed by atoms with van der Waals surface area (Å²) in [4.78, 5) is 0. The van der Waals surface area contributed by atoms with Gasteiger partial charge in [0.05, 0.1) is 12.2 Å². The van der Waals surface area contributed by atoms with Gasteiger partial charge in [-0.2, -0.15) is 0 Å². The third kappa shape index (κ3) is 1.22. The third-order valence-corrected chi connectivity index (χ3v) is 8.17. The van der Waals surface area contributed by atoms with E-state index in [1.165, 1.54) is 33.0 Å². The van der Waals surface area contributed by atoms with Gasteiger partial charge in [0, 0.05) is 11.8 Å². The second kappa shape index (κ2) is 4.07. The Balaban J connectivity index is 1.50. The predicted octanol–water partition coefficient (Wildman–Crippen LogP) is 4.31. The number of fused-ring (bicyclic) bond motifs is 7. The predicted molar refractivity (Wildman–Crippen MR) is 104 cm³/mol. The lowest BCUT2D eigenvalue weighted by Crippen LogP contribution is -2.49. The molecule has 0 aromatic heterocycles. The second-order valence-corrected chi connectivity index (χ2v) is 9.07. The molecule has 0 N–H and O–H groups in total. The monoisotopic (exact) mass is 380 g/mol. The number of hydrogen-bond donors (Lipinski definition) is 0. The Kier molecular flexibility index (Phi) is 1.99. The summed E-state index contributed by atoms with van der Waals surface area (Å²) in [6.07, 6.45) is 4.68. The van der Waals surface area contributed by atoms with Crippen LogP contribution in [0.1, 0.15) is 28.4 Å². The van der Waals surface area contributed by atoms with Crippen molar-refractivity contribution in [3.63, 3.8) is 0 Å². The molecule has 3 aromatic carbocycles. The van der Waals surface area contributed by atoms with Crippen molar-refractivity contribution >= 4 is 10.8 Å². The molecule has 0 amide bonds. The van der Waals surface area contributed by atoms with Crippen LogP contribution in [0.5, 0.6) is 11.5 Å². The average molecular weight is 380 g/mol. The molecule has 9 rings (SSSR count). The van der Waals surface area contributed by atoms with E-state index in [0.29, 0.717) is 12.7 Å². The van der Waals surface area contributed by atoms with E-state index in [-0.39, 0.29) is 18.1 Å². The van der Waals surface area contributed by atoms with E-state index < -0.39 is 11.2 Å². The molecular formula is C25H16O4. The van der Waals surface area contributed by atoms with Gasteiger partial charge in [0.25, 0.3) is 0 Å². The maximum absolute atomic E-state index is 7.04. The van der Waals surface area contributed by atoms with Gasteiger partial charge >= 0.3 is 0 Å². The molecular weight excluding hydrogens is 364 g/mol. The van der Waals surface area contributed by atoms with E-state index >= 15 is 0 Å². The first-order valence-electron chi connectivity index (χ1n) is 10.3. The van der Waals surface area contributed by atoms with Crippen LogP contribution < -0.4 is 9.47 Å². The van der Waals surface area contributed by atoms with Crippen molar-refractivity contribution in [3.05, 3.63) is 82.9 Å². The van der Waals surface area contributed by atoms with Crippen LogP contribution in [0.25, 0.3) is 10.8 Å². The standard InChI is InChI=1S/C25H16O4/c1-3-12-4-2-6-15-20(12)14(5-1)24-8-7-17(28-24)21-22-13-9-18-19(27-11-26-18)10-16(13)25(15,29-22)23(21)24/h1-10,17,21-23H,11H2/t17-,21+,22+,23-,24-,25-/m0/s1. The number of benzene rings is 3. The fourth-order valence-electron chi connectivity index (χ4n) is 7.36. The summed E-state index contributed by atoms with van der Waals surface area (Å²) in [5.41, 5.74) is 4.13. The molecule has 3 aromatic rings. The lowest BCUT2D eigenvalue weighted by Gasteiger charge is -2.47. The van der Waals surface area contributed by atoms with E-state index in [4.69, 9.17) is 18.9 Å². The molecule has 0 saturated carbocycles. The summed E-state index contributed by atoms with van der Waals surface area (Å²) in [6, 6.07) is 17.5. The molecule has 4 bridgehead atoms. The minimum absolute atomic E-state index is 0.0193. The molecule has 4 nitrogen and oxygen atoms in total. The van der Waals surface area contributed by atoms with Crippen LogP contribution in [0.2, 0.25) is 0 Å². The van der Waals surface area contributed by atoms with Crippen LogP contribution in [0.15, 0.2) is 60.7 Å². The Hall–Kier alpha value is -2.82. The summed E-state index contributed by atoms with van der Waals surface area (Å²) in [5, 5.41) is 2.52. The highest BCUT2D eigenvalue weighted by Gasteiger charge is 2.77. The number of rotatable bonds is 0. The summed E-state index contributed by atoms with van der Waals surface area (Å²) in [5.74, 6) is 2.21. The molecule has 0 unspecified atom stereocenters. The number of hydrogen-bond acceptors (Lipinski definition) is 4. The van der Waals surface area contributed by atoms with Gasteiger partial charge in [-0.3, -0.25) is 0 Å². The zero-order valence-electron chi connectivity index (χ0n) is 15.4. The summed E-state index contributed by atoms with van der Waals surface area (Å²) in [6.45, 7) is 0.291. The minimum Gasteiger partial charge on any atom is -0.454 e. The van der Waals surface area contributed by atoms with Crippen molar-refractivity contribution in [2.24, 2.45) is 11.8 Å². The number of ether oxygens (including phenoxy) is 4. The van der Waals surface area contributed by atoms with Crippen molar-refractivity contribution in [2.45, 2.75) is 23.4 Å². The third-order valence-electron chi connectivity index (χ3n) is 8.17. The van der Waals surface area contributed by atoms with Gasteiger partial charge < -0.3 is 18.9 Å². The maximum atomic E-state index is 7.04. The van der Waals surface area contributed by atoms with Crippen molar-refractivity contribution in [3.8, 4) is 11.5 Å². The summed E-state index contributed by atoms with van der Waals surface area (Å²) < 4.78 is 25.3. The zero-order chi connectivity index (χ0) is 18.5. The Labute approximate surface area is 166 Å². The van der Waals surface area contributed by atoms with Gasteiger partial charge in [0.2, 0.25) is 6.79 Å². The molecule has 2 saturated heterocycles. The average Bonchev–Trinajstić information content (AvgIpc) is 3.55. The lowest BCUT2D eigenvalue weighted by molar-refractivity contribution is -0.0922. The van der Waals surface area contributed by atoms with Crippen molar-refractivity contribution in [1.29, 1.82) is 0 Å². The van der Waals surface area contributed by atoms with Gasteiger partial charge in [0.15, 0.2) is 11.5 Å². The van der Waals surface area contributed by atoms with E-state index in [2.05, 4.69) is 60.7 Å². The van der Waals surface area contributed by atoms with Crippen molar-refractivity contribution in [2.75, 3.05) is 6.79 Å². The van der Waals surface area contributed by atoms with Gasteiger partial charge in [0.1, 0.15) is 11.2 Å². The molecule has 1 aliphatic carbocycles. The normalized spacial score (nSPS) is 40.0. The molecule has 6 aliphatic rings. The Morgan fingerprint density at radius 1 is 0.862 bits per heavy atom. The van der Waals surface area contributed by atoms with Crippen LogP contribution in [0.3, 0.4) is 0 Å². The van der Waals surface area contributed by atoms with Crippen LogP contribution in [-0.4, -0.2) is 12.9 Å². The second-order valence-electron chi connectivity index (χ2n) is 9.07. The van der Waals surface area contributed by atoms with Gasteiger partial charge in [-0.25, -0.2) is 0 Å². The Morgan fingerprint density at radius 2 is 1.69 bits per heavy atom. The molecule has 5 aliphatic heterocycles. The molecule has 2 spiro atoms. The first-order chi connectivity index (χ1) is 14.3. The molecule has 4 heteroatoms. The van der Waals surface area contributed by atoms with E-state index in [0.717, 1.165) is 11.5 Å². The Bertz CT molecular complexity index is 1340. The van der Waals surface area contributed by atoms with Crippen molar-refractivity contribution < 1.29 is 18.9 Å². The summed E-state index contributed by atoms with van der Waals surface area (Å²) >= 11 is 0. The fraction of sp³-hybridized carbons (Fsp3) is 0.280. The minimum atomic E-state index is -0.501. The summed E-state index contributed by atoms with van der Waals surface area (Å²) in [7, 11) is 0. The van der Waals surface area contributed by atoms with E-state index in [9.17, 15) is 0 Å². The molecule has 0 radical (unpaired) electrons. The molecule has 140 valence electrons. The topological polar surface area (TPSA) is 36.9 Å². The zero-order valence-corrected chi connectivity index (χ0v) is 15.4. The lowest BCUT2D eigenvalue weighted by atomic mass is 9.54. The Morgan fingerprint density at radius 3 is 2.59 bits per heavy atom. The van der Waals surface area contributed by atoms with Gasteiger partial charge in [-0.05, 0) is 51.2 Å². The van der Waals surface area contributed by atoms with E-state index in [1.807, 2.05) is 0 Å². The first kappa shape index (κ1) is 14.2. The molecule has 29 heavy (non-hydrogen) atoms. The van der Waals surface area contributed by atoms with Crippen molar-refractivity contribution in [1.82, 2.24) is 0 Å². The molecule has 6 atom stereocenters. The maximum Gasteiger partial charge on any atom is 0.231 e. The fourth-order valence-corrected chi connectivity index (χ4v) is 7.36. The highest BCUT2D eigenvalue weighted by atomic mass is 16.7. The first-order valence-corrected chi connectivity index (χ1v) is 10.3. The SMILES string of the molecule is C1=C[C@]23O[C@@H]1[C@@H]1[C@@H]4O[C@](c5cc6c(cc54)OCO6)(c4cccc5cccc2c45)[C@@H]13. The highest BCUT2D eigenvalue weighted by molar-refractivity contribution is 5.93. The smallest absolute Gasteiger partial charge is 0.231 e. The van der Waals surface area contributed by atoms with Crippen LogP contribution in [-0.2, 0) is 20.7 Å². The quantitative estimate of drug-likeness (QED) is 0.545. The van der Waals surface area contributed by atoms with E-state index in [1.54, 1.807) is 0 Å². The van der Waals surface area contributed by atoms with Gasteiger partial charge in [-0.15, -0.1) is 0 Å². The van der Waals surface area contributed by atoms with Crippen LogP contribution in [0, 0.1) is 11.8 Å².